The van der Waals surface area contributed by atoms with Crippen molar-refractivity contribution in [2.75, 3.05) is 6.54 Å². The highest BCUT2D eigenvalue weighted by molar-refractivity contribution is 5.94. The van der Waals surface area contributed by atoms with Gasteiger partial charge in [0.25, 0.3) is 5.91 Å². The Labute approximate surface area is 131 Å². The zero-order valence-electron chi connectivity index (χ0n) is 12.9. The van der Waals surface area contributed by atoms with Crippen LogP contribution in [0.1, 0.15) is 39.9 Å². The first-order valence-electron chi connectivity index (χ1n) is 7.86. The van der Waals surface area contributed by atoms with Gasteiger partial charge < -0.3 is 11.1 Å². The van der Waals surface area contributed by atoms with Crippen molar-refractivity contribution in [3.05, 3.63) is 70.8 Å². The van der Waals surface area contributed by atoms with Crippen LogP contribution >= 0.6 is 0 Å². The second kappa shape index (κ2) is 6.32. The van der Waals surface area contributed by atoms with E-state index < -0.39 is 0 Å². The molecule has 2 atom stereocenters. The first-order valence-corrected chi connectivity index (χ1v) is 7.86. The third kappa shape index (κ3) is 2.90. The van der Waals surface area contributed by atoms with Crippen molar-refractivity contribution in [1.82, 2.24) is 5.32 Å². The highest BCUT2D eigenvalue weighted by Crippen LogP contribution is 2.32. The van der Waals surface area contributed by atoms with Gasteiger partial charge in [-0.2, -0.15) is 0 Å². The van der Waals surface area contributed by atoms with Crippen LogP contribution in [0.4, 0.5) is 0 Å². The van der Waals surface area contributed by atoms with Crippen LogP contribution in [0.3, 0.4) is 0 Å². The van der Waals surface area contributed by atoms with Gasteiger partial charge in [0.05, 0.1) is 0 Å². The molecule has 0 spiro atoms. The topological polar surface area (TPSA) is 55.1 Å². The summed E-state index contributed by atoms with van der Waals surface area (Å²) < 4.78 is 0. The highest BCUT2D eigenvalue weighted by Gasteiger charge is 2.29. The Hall–Kier alpha value is -2.13. The Balaban J connectivity index is 1.72. The fraction of sp³-hybridized carbons (Fsp3) is 0.316. The number of fused-ring (bicyclic) bond motifs is 1. The standard InChI is InChI=1S/C19H22N2O/c1-13-17-8-3-2-6-15(17)12-18(13)21-19(22)16-7-4-5-14(11-16)9-10-20/h2-8,11,13,18H,9-10,12,20H2,1H3,(H,21,22)/t13-,18+/m0/s1. The van der Waals surface area contributed by atoms with Crippen LogP contribution in [0.15, 0.2) is 48.5 Å². The van der Waals surface area contributed by atoms with Crippen molar-refractivity contribution < 1.29 is 4.79 Å². The fourth-order valence-electron chi connectivity index (χ4n) is 3.26. The van der Waals surface area contributed by atoms with Gasteiger partial charge in [0, 0.05) is 17.5 Å². The molecular formula is C19H22N2O. The molecule has 3 heteroatoms. The zero-order valence-corrected chi connectivity index (χ0v) is 12.9. The van der Waals surface area contributed by atoms with E-state index in [1.54, 1.807) is 0 Å². The molecule has 0 aromatic heterocycles. The summed E-state index contributed by atoms with van der Waals surface area (Å²) in [5.41, 5.74) is 10.1. The number of nitrogens with two attached hydrogens (primary N) is 1. The number of amides is 1. The van der Waals surface area contributed by atoms with Crippen molar-refractivity contribution in [2.45, 2.75) is 31.7 Å². The van der Waals surface area contributed by atoms with E-state index in [-0.39, 0.29) is 11.9 Å². The van der Waals surface area contributed by atoms with Gasteiger partial charge in [0.1, 0.15) is 0 Å². The third-order valence-electron chi connectivity index (χ3n) is 4.53. The minimum Gasteiger partial charge on any atom is -0.348 e. The molecule has 3 N–H and O–H groups in total. The molecule has 0 unspecified atom stereocenters. The van der Waals surface area contributed by atoms with Crippen LogP contribution in [0, 0.1) is 0 Å². The number of hydrogen-bond donors (Lipinski definition) is 2. The number of carbonyl (C=O) groups is 1. The Morgan fingerprint density at radius 1 is 1.23 bits per heavy atom. The second-order valence-corrected chi connectivity index (χ2v) is 6.01. The molecule has 0 bridgehead atoms. The average molecular weight is 294 g/mol. The van der Waals surface area contributed by atoms with E-state index in [0.29, 0.717) is 18.0 Å². The Morgan fingerprint density at radius 2 is 2.05 bits per heavy atom. The van der Waals surface area contributed by atoms with Gasteiger partial charge in [-0.3, -0.25) is 4.79 Å². The summed E-state index contributed by atoms with van der Waals surface area (Å²) in [6.45, 7) is 2.78. The van der Waals surface area contributed by atoms with Crippen LogP contribution < -0.4 is 11.1 Å². The molecule has 3 rings (SSSR count). The summed E-state index contributed by atoms with van der Waals surface area (Å²) in [6, 6.07) is 16.3. The molecule has 2 aromatic rings. The number of carbonyl (C=O) groups excluding carboxylic acids is 1. The Kier molecular flexibility index (Phi) is 4.25. The predicted molar refractivity (Wildman–Crippen MR) is 89.0 cm³/mol. The summed E-state index contributed by atoms with van der Waals surface area (Å²) in [5.74, 6) is 0.357. The van der Waals surface area contributed by atoms with Crippen molar-refractivity contribution in [3.63, 3.8) is 0 Å². The van der Waals surface area contributed by atoms with Gasteiger partial charge in [-0.05, 0) is 48.2 Å². The van der Waals surface area contributed by atoms with Gasteiger partial charge in [0.2, 0.25) is 0 Å². The molecule has 1 aliphatic carbocycles. The fourth-order valence-corrected chi connectivity index (χ4v) is 3.26. The summed E-state index contributed by atoms with van der Waals surface area (Å²) >= 11 is 0. The molecule has 1 amide bonds. The molecule has 0 fully saturated rings. The molecule has 114 valence electrons. The lowest BCUT2D eigenvalue weighted by Crippen LogP contribution is -2.37. The molecule has 0 heterocycles. The van der Waals surface area contributed by atoms with Crippen LogP contribution in [-0.4, -0.2) is 18.5 Å². The SMILES string of the molecule is C[C@H]1c2ccccc2C[C@H]1NC(=O)c1cccc(CCN)c1. The van der Waals surface area contributed by atoms with E-state index in [9.17, 15) is 4.79 Å². The maximum Gasteiger partial charge on any atom is 0.251 e. The quantitative estimate of drug-likeness (QED) is 0.911. The lowest BCUT2D eigenvalue weighted by molar-refractivity contribution is 0.0934. The van der Waals surface area contributed by atoms with Gasteiger partial charge >= 0.3 is 0 Å². The molecule has 0 aliphatic heterocycles. The maximum atomic E-state index is 12.5. The molecule has 3 nitrogen and oxygen atoms in total. The van der Waals surface area contributed by atoms with E-state index >= 15 is 0 Å². The third-order valence-corrected chi connectivity index (χ3v) is 4.53. The summed E-state index contributed by atoms with van der Waals surface area (Å²) in [7, 11) is 0. The first-order chi connectivity index (χ1) is 10.7. The molecule has 0 saturated heterocycles. The van der Waals surface area contributed by atoms with E-state index in [2.05, 4.69) is 36.5 Å². The van der Waals surface area contributed by atoms with E-state index in [4.69, 9.17) is 5.73 Å². The summed E-state index contributed by atoms with van der Waals surface area (Å²) in [4.78, 5) is 12.5. The lowest BCUT2D eigenvalue weighted by Gasteiger charge is -2.18. The summed E-state index contributed by atoms with van der Waals surface area (Å²) in [6.07, 6.45) is 1.71. The molecule has 0 radical (unpaired) electrons. The Bertz CT molecular complexity index is 681. The predicted octanol–water partition coefficient (Wildman–Crippen LogP) is 2.65. The maximum absolute atomic E-state index is 12.5. The number of hydrogen-bond acceptors (Lipinski definition) is 2. The van der Waals surface area contributed by atoms with Crippen LogP contribution in [0.5, 0.6) is 0 Å². The van der Waals surface area contributed by atoms with E-state index in [1.807, 2.05) is 24.3 Å². The average Bonchev–Trinajstić information content (AvgIpc) is 2.85. The van der Waals surface area contributed by atoms with Crippen LogP contribution in [-0.2, 0) is 12.8 Å². The van der Waals surface area contributed by atoms with Crippen molar-refractivity contribution in [1.29, 1.82) is 0 Å². The van der Waals surface area contributed by atoms with Crippen molar-refractivity contribution in [2.24, 2.45) is 5.73 Å². The second-order valence-electron chi connectivity index (χ2n) is 6.01. The molecule has 2 aromatic carbocycles. The summed E-state index contributed by atoms with van der Waals surface area (Å²) in [5, 5.41) is 3.19. The minimum absolute atomic E-state index is 0.00327. The molecule has 1 aliphatic rings. The lowest BCUT2D eigenvalue weighted by atomic mass is 10.0. The normalized spacial score (nSPS) is 19.7. The van der Waals surface area contributed by atoms with Crippen LogP contribution in [0.25, 0.3) is 0 Å². The number of nitrogens with one attached hydrogen (secondary N) is 1. The molecular weight excluding hydrogens is 272 g/mol. The number of rotatable bonds is 4. The highest BCUT2D eigenvalue weighted by atomic mass is 16.1. The first kappa shape index (κ1) is 14.8. The smallest absolute Gasteiger partial charge is 0.251 e. The number of benzene rings is 2. The molecule has 22 heavy (non-hydrogen) atoms. The van der Waals surface area contributed by atoms with E-state index in [0.717, 1.165) is 18.4 Å². The van der Waals surface area contributed by atoms with Gasteiger partial charge in [0.15, 0.2) is 0 Å². The van der Waals surface area contributed by atoms with Crippen molar-refractivity contribution >= 4 is 5.91 Å². The monoisotopic (exact) mass is 294 g/mol. The van der Waals surface area contributed by atoms with E-state index in [1.165, 1.54) is 11.1 Å². The molecule has 0 saturated carbocycles. The zero-order chi connectivity index (χ0) is 15.5. The van der Waals surface area contributed by atoms with Crippen LogP contribution in [0.2, 0.25) is 0 Å². The Morgan fingerprint density at radius 3 is 2.82 bits per heavy atom. The largest absolute Gasteiger partial charge is 0.348 e. The van der Waals surface area contributed by atoms with Gasteiger partial charge in [-0.15, -0.1) is 0 Å². The minimum atomic E-state index is 0.00327. The van der Waals surface area contributed by atoms with Gasteiger partial charge in [-0.25, -0.2) is 0 Å². The van der Waals surface area contributed by atoms with Gasteiger partial charge in [-0.1, -0.05) is 43.3 Å². The van der Waals surface area contributed by atoms with Crippen molar-refractivity contribution in [3.8, 4) is 0 Å².